The molecule has 1 aromatic carbocycles. The largest absolute Gasteiger partial charge is 0.469 e. The van der Waals surface area contributed by atoms with E-state index in [1.807, 2.05) is 37.3 Å². The first kappa shape index (κ1) is 11.7. The van der Waals surface area contributed by atoms with E-state index in [4.69, 9.17) is 0 Å². The standard InChI is InChI=1S/C12H17NO2/c1-9(13)11(8-12(14)15-2)10-6-4-3-5-7-10/h3-7,9,11H,8,13H2,1-2H3/p+1/t9-,11+/m1/s1. The average molecular weight is 208 g/mol. The van der Waals surface area contributed by atoms with Gasteiger partial charge in [-0.3, -0.25) is 4.79 Å². The second kappa shape index (κ2) is 5.51. The number of benzene rings is 1. The van der Waals surface area contributed by atoms with Crippen LogP contribution in [0.5, 0.6) is 0 Å². The molecule has 0 amide bonds. The summed E-state index contributed by atoms with van der Waals surface area (Å²) in [5.41, 5.74) is 5.14. The minimum Gasteiger partial charge on any atom is -0.469 e. The van der Waals surface area contributed by atoms with Gasteiger partial charge in [-0.15, -0.1) is 0 Å². The molecule has 3 heteroatoms. The SMILES string of the molecule is COC(=O)C[C@H](c1ccccc1)[C@@H](C)[NH3+]. The van der Waals surface area contributed by atoms with Gasteiger partial charge < -0.3 is 10.5 Å². The average Bonchev–Trinajstić information content (AvgIpc) is 2.26. The van der Waals surface area contributed by atoms with E-state index < -0.39 is 0 Å². The fourth-order valence-electron chi connectivity index (χ4n) is 1.61. The molecular formula is C12H18NO2+. The second-order valence-corrected chi connectivity index (χ2v) is 3.77. The quantitative estimate of drug-likeness (QED) is 0.749. The smallest absolute Gasteiger partial charge is 0.306 e. The molecule has 3 N–H and O–H groups in total. The highest BCUT2D eigenvalue weighted by atomic mass is 16.5. The number of carbonyl (C=O) groups is 1. The molecule has 82 valence electrons. The maximum atomic E-state index is 11.2. The summed E-state index contributed by atoms with van der Waals surface area (Å²) < 4.78 is 4.69. The second-order valence-electron chi connectivity index (χ2n) is 3.77. The molecule has 1 rings (SSSR count). The number of quaternary nitrogens is 1. The van der Waals surface area contributed by atoms with Gasteiger partial charge in [-0.2, -0.15) is 0 Å². The zero-order valence-electron chi connectivity index (χ0n) is 9.27. The molecule has 0 heterocycles. The molecule has 0 bridgehead atoms. The van der Waals surface area contributed by atoms with Crippen LogP contribution in [0.1, 0.15) is 24.8 Å². The van der Waals surface area contributed by atoms with Crippen molar-refractivity contribution in [2.24, 2.45) is 0 Å². The predicted octanol–water partition coefficient (Wildman–Crippen LogP) is 0.964. The molecule has 0 radical (unpaired) electrons. The number of carbonyl (C=O) groups excluding carboxylic acids is 1. The third kappa shape index (κ3) is 3.36. The van der Waals surface area contributed by atoms with Gasteiger partial charge in [-0.1, -0.05) is 30.3 Å². The molecule has 0 aliphatic rings. The van der Waals surface area contributed by atoms with Gasteiger partial charge in [0, 0.05) is 5.92 Å². The van der Waals surface area contributed by atoms with Gasteiger partial charge >= 0.3 is 5.97 Å². The summed E-state index contributed by atoms with van der Waals surface area (Å²) in [6.45, 7) is 2.01. The Hall–Kier alpha value is -1.35. The van der Waals surface area contributed by atoms with E-state index in [1.165, 1.54) is 7.11 Å². The summed E-state index contributed by atoms with van der Waals surface area (Å²) in [7, 11) is 1.41. The summed E-state index contributed by atoms with van der Waals surface area (Å²) in [6.07, 6.45) is 0.394. The maximum Gasteiger partial charge on any atom is 0.306 e. The van der Waals surface area contributed by atoms with Gasteiger partial charge in [0.1, 0.15) is 0 Å². The zero-order chi connectivity index (χ0) is 11.3. The fraction of sp³-hybridized carbons (Fsp3) is 0.417. The van der Waals surface area contributed by atoms with E-state index in [9.17, 15) is 4.79 Å². The van der Waals surface area contributed by atoms with E-state index in [1.54, 1.807) is 0 Å². The van der Waals surface area contributed by atoms with Crippen molar-refractivity contribution in [1.82, 2.24) is 0 Å². The van der Waals surface area contributed by atoms with Crippen LogP contribution in [0.2, 0.25) is 0 Å². The molecule has 0 saturated carbocycles. The van der Waals surface area contributed by atoms with Crippen molar-refractivity contribution in [2.45, 2.75) is 25.3 Å². The lowest BCUT2D eigenvalue weighted by atomic mass is 9.90. The number of rotatable bonds is 4. The third-order valence-corrected chi connectivity index (χ3v) is 2.53. The molecule has 0 aliphatic carbocycles. The highest BCUT2D eigenvalue weighted by Gasteiger charge is 2.22. The van der Waals surface area contributed by atoms with Crippen molar-refractivity contribution in [3.63, 3.8) is 0 Å². The maximum absolute atomic E-state index is 11.2. The Balaban J connectivity index is 2.79. The molecular weight excluding hydrogens is 190 g/mol. The summed E-state index contributed by atoms with van der Waals surface area (Å²) in [5, 5.41) is 0. The number of hydrogen-bond donors (Lipinski definition) is 1. The Morgan fingerprint density at radius 1 is 1.40 bits per heavy atom. The molecule has 0 saturated heterocycles. The van der Waals surface area contributed by atoms with Gasteiger partial charge in [0.2, 0.25) is 0 Å². The van der Waals surface area contributed by atoms with Crippen LogP contribution in [0, 0.1) is 0 Å². The monoisotopic (exact) mass is 208 g/mol. The first-order valence-electron chi connectivity index (χ1n) is 5.10. The van der Waals surface area contributed by atoms with Gasteiger partial charge in [-0.05, 0) is 12.5 Å². The Morgan fingerprint density at radius 3 is 2.47 bits per heavy atom. The highest BCUT2D eigenvalue weighted by molar-refractivity contribution is 5.70. The lowest BCUT2D eigenvalue weighted by Gasteiger charge is -2.17. The summed E-state index contributed by atoms with van der Waals surface area (Å²) in [4.78, 5) is 11.2. The van der Waals surface area contributed by atoms with Gasteiger partial charge in [0.25, 0.3) is 0 Å². The van der Waals surface area contributed by atoms with Crippen molar-refractivity contribution in [3.05, 3.63) is 35.9 Å². The van der Waals surface area contributed by atoms with Crippen molar-refractivity contribution < 1.29 is 15.3 Å². The van der Waals surface area contributed by atoms with Gasteiger partial charge in [-0.25, -0.2) is 0 Å². The van der Waals surface area contributed by atoms with Crippen LogP contribution in [0.25, 0.3) is 0 Å². The number of esters is 1. The molecule has 0 aromatic heterocycles. The van der Waals surface area contributed by atoms with E-state index in [0.717, 1.165) is 5.56 Å². The van der Waals surface area contributed by atoms with Crippen molar-refractivity contribution in [3.8, 4) is 0 Å². The normalized spacial score (nSPS) is 14.3. The topological polar surface area (TPSA) is 53.9 Å². The van der Waals surface area contributed by atoms with E-state index in [0.29, 0.717) is 6.42 Å². The Labute approximate surface area is 90.2 Å². The minimum absolute atomic E-state index is 0.138. The van der Waals surface area contributed by atoms with Crippen LogP contribution in [0.4, 0.5) is 0 Å². The van der Waals surface area contributed by atoms with E-state index >= 15 is 0 Å². The Bertz CT molecular complexity index is 309. The molecule has 0 unspecified atom stereocenters. The third-order valence-electron chi connectivity index (χ3n) is 2.53. The van der Waals surface area contributed by atoms with Crippen molar-refractivity contribution in [1.29, 1.82) is 0 Å². The van der Waals surface area contributed by atoms with Crippen LogP contribution in [-0.2, 0) is 9.53 Å². The van der Waals surface area contributed by atoms with Gasteiger partial charge in [0.15, 0.2) is 0 Å². The summed E-state index contributed by atoms with van der Waals surface area (Å²) >= 11 is 0. The number of methoxy groups -OCH3 is 1. The zero-order valence-corrected chi connectivity index (χ0v) is 9.27. The van der Waals surface area contributed by atoms with Gasteiger partial charge in [0.05, 0.1) is 19.6 Å². The Morgan fingerprint density at radius 2 is 2.00 bits per heavy atom. The van der Waals surface area contributed by atoms with E-state index in [2.05, 4.69) is 10.5 Å². The molecule has 1 aromatic rings. The van der Waals surface area contributed by atoms with Crippen molar-refractivity contribution >= 4 is 5.97 Å². The van der Waals surface area contributed by atoms with Crippen LogP contribution in [0.15, 0.2) is 30.3 Å². The summed E-state index contributed by atoms with van der Waals surface area (Å²) in [6, 6.07) is 10.1. The highest BCUT2D eigenvalue weighted by Crippen LogP contribution is 2.21. The lowest BCUT2D eigenvalue weighted by molar-refractivity contribution is -0.419. The fourth-order valence-corrected chi connectivity index (χ4v) is 1.61. The first-order chi connectivity index (χ1) is 7.15. The Kier molecular flexibility index (Phi) is 4.31. The number of hydrogen-bond acceptors (Lipinski definition) is 2. The van der Waals surface area contributed by atoms with Crippen LogP contribution < -0.4 is 5.73 Å². The van der Waals surface area contributed by atoms with Crippen LogP contribution in [0.3, 0.4) is 0 Å². The lowest BCUT2D eigenvalue weighted by Crippen LogP contribution is -2.62. The molecule has 15 heavy (non-hydrogen) atoms. The first-order valence-corrected chi connectivity index (χ1v) is 5.10. The molecule has 2 atom stereocenters. The van der Waals surface area contributed by atoms with Crippen LogP contribution in [-0.4, -0.2) is 19.1 Å². The minimum atomic E-state index is -0.181. The van der Waals surface area contributed by atoms with Crippen LogP contribution >= 0.6 is 0 Å². The van der Waals surface area contributed by atoms with Crippen molar-refractivity contribution in [2.75, 3.05) is 7.11 Å². The predicted molar refractivity (Wildman–Crippen MR) is 58.2 cm³/mol. The molecule has 3 nitrogen and oxygen atoms in total. The van der Waals surface area contributed by atoms with E-state index in [-0.39, 0.29) is 17.9 Å². The summed E-state index contributed by atoms with van der Waals surface area (Å²) in [5.74, 6) is -0.0435. The number of ether oxygens (including phenoxy) is 1. The molecule has 0 spiro atoms. The molecule has 0 aliphatic heterocycles. The molecule has 0 fully saturated rings.